The van der Waals surface area contributed by atoms with E-state index in [2.05, 4.69) is 33.3 Å². The van der Waals surface area contributed by atoms with E-state index in [1.54, 1.807) is 0 Å². The third kappa shape index (κ3) is 4.45. The van der Waals surface area contributed by atoms with Crippen LogP contribution in [0.2, 0.25) is 5.02 Å². The molecule has 1 aliphatic rings. The number of nitrogens with one attached hydrogen (secondary N) is 1. The average molecular weight is 361 g/mol. The van der Waals surface area contributed by atoms with E-state index >= 15 is 0 Å². The van der Waals surface area contributed by atoms with Gasteiger partial charge in [-0.05, 0) is 25.1 Å². The molecule has 110 valence electrons. The number of rotatable bonds is 4. The lowest BCUT2D eigenvalue weighted by atomic mass is 10.1. The van der Waals surface area contributed by atoms with Crippen molar-refractivity contribution < 1.29 is 4.79 Å². The molecule has 0 aromatic heterocycles. The Labute approximate surface area is 133 Å². The first-order valence-electron chi connectivity index (χ1n) is 6.67. The van der Waals surface area contributed by atoms with Gasteiger partial charge in [0, 0.05) is 31.2 Å². The van der Waals surface area contributed by atoms with Gasteiger partial charge in [-0.2, -0.15) is 0 Å². The Morgan fingerprint density at radius 1 is 1.35 bits per heavy atom. The third-order valence-corrected chi connectivity index (χ3v) is 4.52. The monoisotopic (exact) mass is 359 g/mol. The smallest absolute Gasteiger partial charge is 0.248 e. The van der Waals surface area contributed by atoms with Crippen molar-refractivity contribution in [1.29, 1.82) is 0 Å². The van der Waals surface area contributed by atoms with Crippen LogP contribution in [0.5, 0.6) is 0 Å². The molecule has 20 heavy (non-hydrogen) atoms. The minimum Gasteiger partial charge on any atom is -0.304 e. The summed E-state index contributed by atoms with van der Waals surface area (Å²) in [4.78, 5) is 14.1. The summed E-state index contributed by atoms with van der Waals surface area (Å²) in [6, 6.07) is 7.60. The molecule has 1 saturated heterocycles. The molecule has 6 heteroatoms. The molecular weight excluding hydrogens is 342 g/mol. The van der Waals surface area contributed by atoms with E-state index in [0.29, 0.717) is 11.4 Å². The number of likely N-dealkylation sites (N-methyl/N-ethyl adjacent to an activating group) is 1. The van der Waals surface area contributed by atoms with E-state index in [-0.39, 0.29) is 10.7 Å². The summed E-state index contributed by atoms with van der Waals surface area (Å²) in [5, 5.41) is 2.67. The highest BCUT2D eigenvalue weighted by Gasteiger charge is 2.21. The number of amides is 1. The largest absolute Gasteiger partial charge is 0.304 e. The molecule has 0 saturated carbocycles. The lowest BCUT2D eigenvalue weighted by molar-refractivity contribution is -0.126. The third-order valence-electron chi connectivity index (χ3n) is 3.41. The van der Waals surface area contributed by atoms with Crippen LogP contribution >= 0.6 is 27.5 Å². The van der Waals surface area contributed by atoms with Crippen molar-refractivity contribution in [3.63, 3.8) is 0 Å². The molecule has 0 radical (unpaired) electrons. The topological polar surface area (TPSA) is 35.6 Å². The molecule has 1 aromatic rings. The molecule has 1 heterocycles. The van der Waals surface area contributed by atoms with Gasteiger partial charge in [0.2, 0.25) is 5.91 Å². The Kier molecular flexibility index (Phi) is 5.84. The maximum atomic E-state index is 12.2. The number of halogens is 2. The van der Waals surface area contributed by atoms with Crippen LogP contribution < -0.4 is 5.43 Å². The minimum atomic E-state index is -0.276. The van der Waals surface area contributed by atoms with Gasteiger partial charge in [0.1, 0.15) is 0 Å². The molecule has 2 rings (SSSR count). The average Bonchev–Trinajstić information content (AvgIpc) is 2.44. The summed E-state index contributed by atoms with van der Waals surface area (Å²) in [5.41, 5.74) is 3.93. The summed E-state index contributed by atoms with van der Waals surface area (Å²) in [6.45, 7) is 3.65. The van der Waals surface area contributed by atoms with Crippen LogP contribution in [0.3, 0.4) is 0 Å². The van der Waals surface area contributed by atoms with E-state index in [9.17, 15) is 4.79 Å². The summed E-state index contributed by atoms with van der Waals surface area (Å²) in [7, 11) is 2.09. The Hall–Kier alpha value is -0.620. The Morgan fingerprint density at radius 2 is 2.00 bits per heavy atom. The number of nitrogens with zero attached hydrogens (tertiary/aromatic N) is 2. The first-order valence-corrected chi connectivity index (χ1v) is 7.97. The van der Waals surface area contributed by atoms with Crippen LogP contribution in [-0.4, -0.2) is 53.9 Å². The van der Waals surface area contributed by atoms with Crippen molar-refractivity contribution in [2.45, 2.75) is 11.2 Å². The molecule has 0 bridgehead atoms. The first kappa shape index (κ1) is 15.8. The van der Waals surface area contributed by atoms with Crippen LogP contribution in [0.1, 0.15) is 5.56 Å². The molecule has 0 aliphatic carbocycles. The fourth-order valence-corrected chi connectivity index (χ4v) is 2.76. The first-order chi connectivity index (χ1) is 9.56. The lowest BCUT2D eigenvalue weighted by Gasteiger charge is -2.32. The van der Waals surface area contributed by atoms with Crippen molar-refractivity contribution >= 4 is 33.4 Å². The van der Waals surface area contributed by atoms with E-state index in [0.717, 1.165) is 31.7 Å². The van der Waals surface area contributed by atoms with Gasteiger partial charge in [0.25, 0.3) is 0 Å². The van der Waals surface area contributed by atoms with Crippen LogP contribution in [0.4, 0.5) is 0 Å². The molecule has 0 spiro atoms. The fraction of sp³-hybridized carbons (Fsp3) is 0.500. The van der Waals surface area contributed by atoms with Crippen molar-refractivity contribution in [3.05, 3.63) is 34.9 Å². The standard InChI is InChI=1S/C14H19BrClN3O/c1-18-6-8-19(9-7-18)17-14(20)12(15)10-11-4-2-3-5-13(11)16/h2-5,12H,6-10H2,1H3,(H,17,20). The van der Waals surface area contributed by atoms with Gasteiger partial charge in [-0.1, -0.05) is 45.7 Å². The molecule has 1 aliphatic heterocycles. The van der Waals surface area contributed by atoms with Crippen molar-refractivity contribution in [3.8, 4) is 0 Å². The van der Waals surface area contributed by atoms with Gasteiger partial charge >= 0.3 is 0 Å². The molecular formula is C14H19BrClN3O. The van der Waals surface area contributed by atoms with Gasteiger partial charge < -0.3 is 4.90 Å². The zero-order valence-corrected chi connectivity index (χ0v) is 13.8. The van der Waals surface area contributed by atoms with Crippen LogP contribution in [0.15, 0.2) is 24.3 Å². The second-order valence-electron chi connectivity index (χ2n) is 5.03. The van der Waals surface area contributed by atoms with Crippen LogP contribution in [0.25, 0.3) is 0 Å². The summed E-state index contributed by atoms with van der Waals surface area (Å²) in [5.74, 6) is -0.0190. The predicted molar refractivity (Wildman–Crippen MR) is 85.1 cm³/mol. The maximum absolute atomic E-state index is 12.2. The second kappa shape index (κ2) is 7.41. The van der Waals surface area contributed by atoms with Gasteiger partial charge in [-0.15, -0.1) is 0 Å². The zero-order chi connectivity index (χ0) is 14.5. The minimum absolute atomic E-state index is 0.0190. The summed E-state index contributed by atoms with van der Waals surface area (Å²) < 4.78 is 0. The number of hydrazine groups is 1. The van der Waals surface area contributed by atoms with Crippen molar-refractivity contribution in [2.24, 2.45) is 0 Å². The number of carbonyl (C=O) groups is 1. The Bertz CT molecular complexity index is 463. The normalized spacial score (nSPS) is 18.8. The Morgan fingerprint density at radius 3 is 2.65 bits per heavy atom. The van der Waals surface area contributed by atoms with E-state index in [1.807, 2.05) is 29.3 Å². The zero-order valence-electron chi connectivity index (χ0n) is 11.5. The number of alkyl halides is 1. The van der Waals surface area contributed by atoms with Gasteiger partial charge in [0.05, 0.1) is 4.83 Å². The van der Waals surface area contributed by atoms with Crippen molar-refractivity contribution in [2.75, 3.05) is 33.2 Å². The van der Waals surface area contributed by atoms with E-state index in [4.69, 9.17) is 11.6 Å². The molecule has 4 nitrogen and oxygen atoms in total. The molecule has 1 aromatic carbocycles. The number of piperazine rings is 1. The predicted octanol–water partition coefficient (Wildman–Crippen LogP) is 1.92. The quantitative estimate of drug-likeness (QED) is 0.833. The maximum Gasteiger partial charge on any atom is 0.248 e. The summed E-state index contributed by atoms with van der Waals surface area (Å²) in [6.07, 6.45) is 0.583. The number of benzene rings is 1. The highest BCUT2D eigenvalue weighted by molar-refractivity contribution is 9.10. The highest BCUT2D eigenvalue weighted by atomic mass is 79.9. The van der Waals surface area contributed by atoms with E-state index < -0.39 is 0 Å². The Balaban J connectivity index is 1.84. The SMILES string of the molecule is CN1CCN(NC(=O)C(Br)Cc2ccccc2Cl)CC1. The second-order valence-corrected chi connectivity index (χ2v) is 6.54. The van der Waals surface area contributed by atoms with Crippen molar-refractivity contribution in [1.82, 2.24) is 15.3 Å². The number of carbonyl (C=O) groups excluding carboxylic acids is 1. The van der Waals surface area contributed by atoms with Gasteiger partial charge in [-0.3, -0.25) is 10.2 Å². The number of hydrogen-bond acceptors (Lipinski definition) is 3. The number of hydrogen-bond donors (Lipinski definition) is 1. The van der Waals surface area contributed by atoms with Crippen LogP contribution in [0, 0.1) is 0 Å². The molecule has 1 N–H and O–H groups in total. The molecule has 1 unspecified atom stereocenters. The molecule has 1 amide bonds. The molecule has 1 fully saturated rings. The van der Waals surface area contributed by atoms with E-state index in [1.165, 1.54) is 0 Å². The lowest BCUT2D eigenvalue weighted by Crippen LogP contribution is -2.54. The summed E-state index contributed by atoms with van der Waals surface area (Å²) >= 11 is 9.56. The highest BCUT2D eigenvalue weighted by Crippen LogP contribution is 2.19. The molecule has 1 atom stereocenters. The van der Waals surface area contributed by atoms with Gasteiger partial charge in [0.15, 0.2) is 0 Å². The fourth-order valence-electron chi connectivity index (χ4n) is 2.09. The van der Waals surface area contributed by atoms with Crippen LogP contribution in [-0.2, 0) is 11.2 Å². The van der Waals surface area contributed by atoms with Gasteiger partial charge in [-0.25, -0.2) is 5.01 Å².